The van der Waals surface area contributed by atoms with Gasteiger partial charge in [-0.1, -0.05) is 0 Å². The molecule has 22 heavy (non-hydrogen) atoms. The fraction of sp³-hybridized carbons (Fsp3) is 0.0714. The van der Waals surface area contributed by atoms with Gasteiger partial charge in [-0.2, -0.15) is 0 Å². The highest BCUT2D eigenvalue weighted by Crippen LogP contribution is 2.22. The van der Waals surface area contributed by atoms with E-state index in [0.29, 0.717) is 0 Å². The first-order valence-electron chi connectivity index (χ1n) is 6.03. The molecule has 0 saturated heterocycles. The SMILES string of the molecule is COc1ccc(S(=O)(=O)Nc2ccc(C(=O)O)cc2)cc1F. The maximum absolute atomic E-state index is 13.6. The highest BCUT2D eigenvalue weighted by atomic mass is 32.2. The van der Waals surface area contributed by atoms with Gasteiger partial charge in [-0.25, -0.2) is 17.6 Å². The van der Waals surface area contributed by atoms with Crippen LogP contribution in [0.25, 0.3) is 0 Å². The van der Waals surface area contributed by atoms with Crippen molar-refractivity contribution in [1.82, 2.24) is 0 Å². The van der Waals surface area contributed by atoms with E-state index in [4.69, 9.17) is 9.84 Å². The van der Waals surface area contributed by atoms with Gasteiger partial charge in [0, 0.05) is 5.69 Å². The summed E-state index contributed by atoms with van der Waals surface area (Å²) in [5, 5.41) is 8.77. The van der Waals surface area contributed by atoms with E-state index in [9.17, 15) is 17.6 Å². The molecule has 0 saturated carbocycles. The van der Waals surface area contributed by atoms with Crippen molar-refractivity contribution in [3.8, 4) is 5.75 Å². The van der Waals surface area contributed by atoms with Crippen molar-refractivity contribution in [1.29, 1.82) is 0 Å². The van der Waals surface area contributed by atoms with E-state index < -0.39 is 21.8 Å². The number of carboxylic acids is 1. The van der Waals surface area contributed by atoms with Gasteiger partial charge in [0.2, 0.25) is 0 Å². The molecule has 0 fully saturated rings. The molecule has 0 aromatic heterocycles. The number of rotatable bonds is 5. The highest BCUT2D eigenvalue weighted by molar-refractivity contribution is 7.92. The second-order valence-electron chi connectivity index (χ2n) is 4.28. The Hall–Kier alpha value is -2.61. The minimum Gasteiger partial charge on any atom is -0.494 e. The van der Waals surface area contributed by atoms with Crippen LogP contribution in [0.5, 0.6) is 5.75 Å². The first-order valence-corrected chi connectivity index (χ1v) is 7.51. The summed E-state index contributed by atoms with van der Waals surface area (Å²) in [7, 11) is -2.71. The van der Waals surface area contributed by atoms with Gasteiger partial charge in [-0.15, -0.1) is 0 Å². The minimum absolute atomic E-state index is 0.0263. The molecule has 0 heterocycles. The van der Waals surface area contributed by atoms with Gasteiger partial charge < -0.3 is 9.84 Å². The molecular weight excluding hydrogens is 313 g/mol. The summed E-state index contributed by atoms with van der Waals surface area (Å²) >= 11 is 0. The van der Waals surface area contributed by atoms with Crippen LogP contribution in [0.15, 0.2) is 47.4 Å². The Morgan fingerprint density at radius 3 is 2.32 bits per heavy atom. The normalized spacial score (nSPS) is 11.0. The molecule has 8 heteroatoms. The van der Waals surface area contributed by atoms with Crippen LogP contribution in [-0.2, 0) is 10.0 Å². The summed E-state index contributed by atoms with van der Waals surface area (Å²) < 4.78 is 44.8. The maximum atomic E-state index is 13.6. The number of methoxy groups -OCH3 is 1. The van der Waals surface area contributed by atoms with Crippen molar-refractivity contribution in [2.75, 3.05) is 11.8 Å². The van der Waals surface area contributed by atoms with Crippen LogP contribution in [0.4, 0.5) is 10.1 Å². The number of sulfonamides is 1. The predicted molar refractivity (Wildman–Crippen MR) is 77.2 cm³/mol. The van der Waals surface area contributed by atoms with Crippen LogP contribution in [0.3, 0.4) is 0 Å². The Morgan fingerprint density at radius 1 is 1.18 bits per heavy atom. The third-order valence-electron chi connectivity index (χ3n) is 2.82. The fourth-order valence-electron chi connectivity index (χ4n) is 1.71. The summed E-state index contributed by atoms with van der Waals surface area (Å²) in [5.41, 5.74) is 0.194. The average molecular weight is 325 g/mol. The first kappa shape index (κ1) is 15.8. The molecule has 0 aliphatic carbocycles. The largest absolute Gasteiger partial charge is 0.494 e. The fourth-order valence-corrected chi connectivity index (χ4v) is 2.78. The van der Waals surface area contributed by atoms with Gasteiger partial charge >= 0.3 is 5.97 Å². The molecule has 2 aromatic carbocycles. The number of ether oxygens (including phenoxy) is 1. The van der Waals surface area contributed by atoms with E-state index in [-0.39, 0.29) is 21.9 Å². The van der Waals surface area contributed by atoms with Crippen molar-refractivity contribution in [3.05, 3.63) is 53.8 Å². The van der Waals surface area contributed by atoms with Crippen molar-refractivity contribution in [2.45, 2.75) is 4.90 Å². The second kappa shape index (κ2) is 6.02. The van der Waals surface area contributed by atoms with Gasteiger partial charge in [-0.05, 0) is 42.5 Å². The number of hydrogen-bond donors (Lipinski definition) is 2. The van der Waals surface area contributed by atoms with E-state index in [1.54, 1.807) is 0 Å². The summed E-state index contributed by atoms with van der Waals surface area (Å²) in [6.07, 6.45) is 0. The van der Waals surface area contributed by atoms with E-state index in [1.807, 2.05) is 0 Å². The van der Waals surface area contributed by atoms with Gasteiger partial charge in [0.1, 0.15) is 0 Å². The molecule has 0 aliphatic rings. The Labute approximate surface area is 126 Å². The first-order chi connectivity index (χ1) is 10.3. The lowest BCUT2D eigenvalue weighted by atomic mass is 10.2. The van der Waals surface area contributed by atoms with Crippen molar-refractivity contribution in [3.63, 3.8) is 0 Å². The molecule has 2 aromatic rings. The zero-order chi connectivity index (χ0) is 16.3. The monoisotopic (exact) mass is 325 g/mol. The molecule has 0 amide bonds. The predicted octanol–water partition coefficient (Wildman–Crippen LogP) is 2.33. The molecule has 2 N–H and O–H groups in total. The molecule has 116 valence electrons. The lowest BCUT2D eigenvalue weighted by Crippen LogP contribution is -2.13. The lowest BCUT2D eigenvalue weighted by Gasteiger charge is -2.09. The minimum atomic E-state index is -3.99. The smallest absolute Gasteiger partial charge is 0.335 e. The molecule has 0 atom stereocenters. The van der Waals surface area contributed by atoms with E-state index in [2.05, 4.69) is 4.72 Å². The van der Waals surface area contributed by atoms with Gasteiger partial charge in [0.15, 0.2) is 11.6 Å². The van der Waals surface area contributed by atoms with Crippen molar-refractivity contribution in [2.24, 2.45) is 0 Å². The summed E-state index contributed by atoms with van der Waals surface area (Å²) in [6, 6.07) is 8.38. The van der Waals surface area contributed by atoms with Crippen LogP contribution in [0.2, 0.25) is 0 Å². The van der Waals surface area contributed by atoms with Crippen LogP contribution in [0, 0.1) is 5.82 Å². The summed E-state index contributed by atoms with van der Waals surface area (Å²) in [5.74, 6) is -1.98. The third kappa shape index (κ3) is 3.34. The van der Waals surface area contributed by atoms with E-state index >= 15 is 0 Å². The summed E-state index contributed by atoms with van der Waals surface area (Å²) in [6.45, 7) is 0. The van der Waals surface area contributed by atoms with Gasteiger partial charge in [0.05, 0.1) is 17.6 Å². The van der Waals surface area contributed by atoms with Crippen LogP contribution < -0.4 is 9.46 Å². The molecule has 0 radical (unpaired) electrons. The molecule has 0 bridgehead atoms. The van der Waals surface area contributed by atoms with Crippen LogP contribution >= 0.6 is 0 Å². The topological polar surface area (TPSA) is 92.7 Å². The second-order valence-corrected chi connectivity index (χ2v) is 5.97. The van der Waals surface area contributed by atoms with Crippen molar-refractivity contribution < 1.29 is 27.4 Å². The number of benzene rings is 2. The number of aromatic carboxylic acids is 1. The third-order valence-corrected chi connectivity index (χ3v) is 4.20. The van der Waals surface area contributed by atoms with E-state index in [1.165, 1.54) is 43.5 Å². The molecule has 0 spiro atoms. The summed E-state index contributed by atoms with van der Waals surface area (Å²) in [4.78, 5) is 10.5. The van der Waals surface area contributed by atoms with Gasteiger partial charge in [0.25, 0.3) is 10.0 Å². The maximum Gasteiger partial charge on any atom is 0.335 e. The van der Waals surface area contributed by atoms with Crippen LogP contribution in [-0.4, -0.2) is 26.6 Å². The highest BCUT2D eigenvalue weighted by Gasteiger charge is 2.17. The van der Waals surface area contributed by atoms with Crippen molar-refractivity contribution >= 4 is 21.7 Å². The number of anilines is 1. The molecule has 2 rings (SSSR count). The Bertz CT molecular complexity index is 802. The lowest BCUT2D eigenvalue weighted by molar-refractivity contribution is 0.0697. The molecule has 0 aliphatic heterocycles. The molecule has 6 nitrogen and oxygen atoms in total. The molecular formula is C14H12FNO5S. The average Bonchev–Trinajstić information content (AvgIpc) is 2.47. The number of nitrogens with one attached hydrogen (secondary N) is 1. The Morgan fingerprint density at radius 2 is 1.82 bits per heavy atom. The number of carbonyl (C=O) groups is 1. The Balaban J connectivity index is 2.27. The Kier molecular flexibility index (Phi) is 4.32. The molecule has 0 unspecified atom stereocenters. The quantitative estimate of drug-likeness (QED) is 0.880. The standard InChI is InChI=1S/C14H12FNO5S/c1-21-13-7-6-11(8-12(13)15)22(19,20)16-10-4-2-9(3-5-10)14(17)18/h2-8,16H,1H3,(H,17,18). The van der Waals surface area contributed by atoms with Crippen LogP contribution in [0.1, 0.15) is 10.4 Å². The van der Waals surface area contributed by atoms with Gasteiger partial charge in [-0.3, -0.25) is 4.72 Å². The van der Waals surface area contributed by atoms with E-state index in [0.717, 1.165) is 6.07 Å². The number of halogens is 1. The number of carboxylic acid groups (broad SMARTS) is 1. The number of hydrogen-bond acceptors (Lipinski definition) is 4. The zero-order valence-corrected chi connectivity index (χ0v) is 12.2. The zero-order valence-electron chi connectivity index (χ0n) is 11.4.